The van der Waals surface area contributed by atoms with Gasteiger partial charge in [-0.2, -0.15) is 5.26 Å². The number of aromatic nitrogens is 1. The van der Waals surface area contributed by atoms with Crippen molar-refractivity contribution >= 4 is 16.8 Å². The molecule has 4 rings (SSSR count). The quantitative estimate of drug-likeness (QED) is 0.720. The number of ether oxygens (including phenoxy) is 1. The van der Waals surface area contributed by atoms with Crippen LogP contribution in [0.25, 0.3) is 10.9 Å². The lowest BCUT2D eigenvalue weighted by Gasteiger charge is -2.36. The molecule has 1 fully saturated rings. The molecule has 0 saturated carbocycles. The lowest BCUT2D eigenvalue weighted by atomic mass is 10.1. The standard InChI is InChI=1S/C24H26N4O2/c1-16-12-17(2)20-14-22(26-21(20)13-16)24(29)28-10-8-27(9-11-28)23(15-25)18-4-6-19(30-3)7-5-18/h4-7,12-14,23,26H,8-11H2,1-3H3. The van der Waals surface area contributed by atoms with Crippen molar-refractivity contribution in [2.75, 3.05) is 33.3 Å². The Morgan fingerprint density at radius 2 is 1.80 bits per heavy atom. The second kappa shape index (κ2) is 8.21. The summed E-state index contributed by atoms with van der Waals surface area (Å²) in [6, 6.07) is 15.8. The number of nitrogens with zero attached hydrogens (tertiary/aromatic N) is 3. The van der Waals surface area contributed by atoms with Crippen molar-refractivity contribution in [3.8, 4) is 11.8 Å². The number of nitriles is 1. The first-order chi connectivity index (χ1) is 14.5. The molecule has 3 aromatic rings. The number of rotatable bonds is 4. The topological polar surface area (TPSA) is 72.4 Å². The maximum absolute atomic E-state index is 13.0. The highest BCUT2D eigenvalue weighted by Crippen LogP contribution is 2.25. The molecule has 1 aliphatic heterocycles. The van der Waals surface area contributed by atoms with Crippen molar-refractivity contribution in [1.29, 1.82) is 5.26 Å². The zero-order valence-corrected chi connectivity index (χ0v) is 17.6. The van der Waals surface area contributed by atoms with Crippen LogP contribution < -0.4 is 4.74 Å². The predicted octanol–water partition coefficient (Wildman–Crippen LogP) is 3.82. The van der Waals surface area contributed by atoms with E-state index in [-0.39, 0.29) is 11.9 Å². The molecule has 1 aromatic heterocycles. The number of amides is 1. The van der Waals surface area contributed by atoms with Gasteiger partial charge >= 0.3 is 0 Å². The fourth-order valence-corrected chi connectivity index (χ4v) is 4.22. The average Bonchev–Trinajstić information content (AvgIpc) is 3.19. The molecule has 6 nitrogen and oxygen atoms in total. The van der Waals surface area contributed by atoms with Gasteiger partial charge in [0.1, 0.15) is 17.5 Å². The maximum Gasteiger partial charge on any atom is 0.270 e. The first-order valence-electron chi connectivity index (χ1n) is 10.2. The van der Waals surface area contributed by atoms with Crippen LogP contribution in [0.15, 0.2) is 42.5 Å². The molecule has 2 heterocycles. The Bertz CT molecular complexity index is 1100. The predicted molar refractivity (Wildman–Crippen MR) is 117 cm³/mol. The minimum Gasteiger partial charge on any atom is -0.497 e. The van der Waals surface area contributed by atoms with Crippen LogP contribution in [-0.2, 0) is 0 Å². The minimum atomic E-state index is -0.327. The number of hydrogen-bond acceptors (Lipinski definition) is 4. The molecule has 30 heavy (non-hydrogen) atoms. The molecule has 0 radical (unpaired) electrons. The summed E-state index contributed by atoms with van der Waals surface area (Å²) in [6.07, 6.45) is 0. The zero-order valence-electron chi connectivity index (χ0n) is 17.6. The number of hydrogen-bond donors (Lipinski definition) is 1. The zero-order chi connectivity index (χ0) is 21.3. The van der Waals surface area contributed by atoms with E-state index in [4.69, 9.17) is 4.74 Å². The Hall–Kier alpha value is -3.30. The number of aromatic amines is 1. The minimum absolute atomic E-state index is 0.0147. The average molecular weight is 402 g/mol. The molecule has 2 aromatic carbocycles. The summed E-state index contributed by atoms with van der Waals surface area (Å²) in [5, 5.41) is 10.8. The van der Waals surface area contributed by atoms with E-state index in [2.05, 4.69) is 41.9 Å². The first kappa shape index (κ1) is 20.0. The molecule has 0 bridgehead atoms. The van der Waals surface area contributed by atoms with E-state index < -0.39 is 0 Å². The number of aryl methyl sites for hydroxylation is 2. The fourth-order valence-electron chi connectivity index (χ4n) is 4.22. The molecular formula is C24H26N4O2. The monoisotopic (exact) mass is 402 g/mol. The third kappa shape index (κ3) is 3.77. The van der Waals surface area contributed by atoms with E-state index in [9.17, 15) is 10.1 Å². The van der Waals surface area contributed by atoms with E-state index in [1.165, 1.54) is 11.1 Å². The maximum atomic E-state index is 13.0. The van der Waals surface area contributed by atoms with E-state index in [0.717, 1.165) is 22.2 Å². The molecule has 154 valence electrons. The van der Waals surface area contributed by atoms with Crippen molar-refractivity contribution in [2.24, 2.45) is 0 Å². The number of methoxy groups -OCH3 is 1. The molecule has 1 saturated heterocycles. The van der Waals surface area contributed by atoms with Gasteiger partial charge in [0.05, 0.1) is 13.2 Å². The highest BCUT2D eigenvalue weighted by molar-refractivity contribution is 5.99. The van der Waals surface area contributed by atoms with Gasteiger partial charge in [0.2, 0.25) is 0 Å². The Morgan fingerprint density at radius 1 is 1.10 bits per heavy atom. The SMILES string of the molecule is COc1ccc(C(C#N)N2CCN(C(=O)c3cc4c(C)cc(C)cc4[nH]3)CC2)cc1. The van der Waals surface area contributed by atoms with Crippen molar-refractivity contribution in [2.45, 2.75) is 19.9 Å². The van der Waals surface area contributed by atoms with Crippen LogP contribution in [0.2, 0.25) is 0 Å². The molecular weight excluding hydrogens is 376 g/mol. The lowest BCUT2D eigenvalue weighted by molar-refractivity contribution is 0.0601. The molecule has 6 heteroatoms. The fraction of sp³-hybridized carbons (Fsp3) is 0.333. The Labute approximate surface area is 176 Å². The first-order valence-corrected chi connectivity index (χ1v) is 10.2. The highest BCUT2D eigenvalue weighted by atomic mass is 16.5. The van der Waals surface area contributed by atoms with Gasteiger partial charge in [-0.25, -0.2) is 0 Å². The Kier molecular flexibility index (Phi) is 5.47. The second-order valence-electron chi connectivity index (χ2n) is 7.86. The number of benzene rings is 2. The van der Waals surface area contributed by atoms with Crippen LogP contribution in [0.5, 0.6) is 5.75 Å². The van der Waals surface area contributed by atoms with Gasteiger partial charge in [0.25, 0.3) is 5.91 Å². The molecule has 1 aliphatic rings. The van der Waals surface area contributed by atoms with Crippen molar-refractivity contribution < 1.29 is 9.53 Å². The summed E-state index contributed by atoms with van der Waals surface area (Å²) in [6.45, 7) is 6.64. The van der Waals surface area contributed by atoms with Gasteiger partial charge < -0.3 is 14.6 Å². The number of nitrogens with one attached hydrogen (secondary N) is 1. The van der Waals surface area contributed by atoms with Crippen LogP contribution in [-0.4, -0.2) is 54.0 Å². The number of carbonyl (C=O) groups is 1. The van der Waals surface area contributed by atoms with Gasteiger partial charge in [-0.15, -0.1) is 0 Å². The van der Waals surface area contributed by atoms with Gasteiger partial charge in [0, 0.05) is 37.1 Å². The van der Waals surface area contributed by atoms with Crippen LogP contribution >= 0.6 is 0 Å². The smallest absolute Gasteiger partial charge is 0.270 e. The summed E-state index contributed by atoms with van der Waals surface area (Å²) >= 11 is 0. The van der Waals surface area contributed by atoms with Crippen molar-refractivity contribution in [1.82, 2.24) is 14.8 Å². The third-order valence-corrected chi connectivity index (χ3v) is 5.84. The Balaban J connectivity index is 1.45. The van der Waals surface area contributed by atoms with E-state index in [1.54, 1.807) is 7.11 Å². The second-order valence-corrected chi connectivity index (χ2v) is 7.86. The number of fused-ring (bicyclic) bond motifs is 1. The van der Waals surface area contributed by atoms with Crippen LogP contribution in [0, 0.1) is 25.2 Å². The summed E-state index contributed by atoms with van der Waals surface area (Å²) in [5.41, 5.74) is 4.91. The molecule has 1 atom stereocenters. The third-order valence-electron chi connectivity index (χ3n) is 5.84. The lowest BCUT2D eigenvalue weighted by Crippen LogP contribution is -2.49. The summed E-state index contributed by atoms with van der Waals surface area (Å²) in [4.78, 5) is 20.3. The van der Waals surface area contributed by atoms with Gasteiger partial charge in [-0.05, 0) is 54.8 Å². The number of piperazine rings is 1. The Morgan fingerprint density at radius 3 is 2.43 bits per heavy atom. The van der Waals surface area contributed by atoms with E-state index >= 15 is 0 Å². The molecule has 1 N–H and O–H groups in total. The molecule has 1 unspecified atom stereocenters. The number of carbonyl (C=O) groups excluding carboxylic acids is 1. The van der Waals surface area contributed by atoms with Crippen LogP contribution in [0.1, 0.15) is 33.2 Å². The van der Waals surface area contributed by atoms with Crippen LogP contribution in [0.4, 0.5) is 0 Å². The van der Waals surface area contributed by atoms with Gasteiger partial charge in [0.15, 0.2) is 0 Å². The largest absolute Gasteiger partial charge is 0.497 e. The molecule has 0 aliphatic carbocycles. The highest BCUT2D eigenvalue weighted by Gasteiger charge is 2.28. The van der Waals surface area contributed by atoms with E-state index in [1.807, 2.05) is 35.2 Å². The summed E-state index contributed by atoms with van der Waals surface area (Å²) in [5.74, 6) is 0.787. The van der Waals surface area contributed by atoms with Crippen molar-refractivity contribution in [3.05, 3.63) is 64.8 Å². The number of H-pyrrole nitrogens is 1. The summed E-state index contributed by atoms with van der Waals surface area (Å²) < 4.78 is 5.20. The van der Waals surface area contributed by atoms with Crippen molar-refractivity contribution in [3.63, 3.8) is 0 Å². The normalized spacial score (nSPS) is 15.7. The van der Waals surface area contributed by atoms with E-state index in [0.29, 0.717) is 31.9 Å². The van der Waals surface area contributed by atoms with Gasteiger partial charge in [-0.3, -0.25) is 9.69 Å². The molecule has 1 amide bonds. The van der Waals surface area contributed by atoms with Crippen LogP contribution in [0.3, 0.4) is 0 Å². The molecule has 0 spiro atoms. The van der Waals surface area contributed by atoms with Gasteiger partial charge in [-0.1, -0.05) is 18.2 Å². The summed E-state index contributed by atoms with van der Waals surface area (Å²) in [7, 11) is 1.63.